The van der Waals surface area contributed by atoms with Crippen LogP contribution in [0.2, 0.25) is 0 Å². The number of aromatic nitrogens is 3. The molecule has 0 bridgehead atoms. The highest BCUT2D eigenvalue weighted by Gasteiger charge is 2.30. The quantitative estimate of drug-likeness (QED) is 0.552. The Bertz CT molecular complexity index is 913. The summed E-state index contributed by atoms with van der Waals surface area (Å²) < 4.78 is 1.82. The van der Waals surface area contributed by atoms with Crippen LogP contribution in [0, 0.1) is 0 Å². The number of hydrogen-bond donors (Lipinski definition) is 2. The van der Waals surface area contributed by atoms with Gasteiger partial charge in [-0.05, 0) is 18.2 Å². The molecule has 3 aromatic rings. The molecular formula is C18H21N5O. The molecule has 4 N–H and O–H groups in total. The van der Waals surface area contributed by atoms with E-state index in [0.29, 0.717) is 29.9 Å². The number of nitrogens with zero attached hydrogens (tertiary/aromatic N) is 3. The maximum atomic E-state index is 12.7. The number of nitrogen functional groups attached to an aromatic ring is 1. The number of ketones is 1. The van der Waals surface area contributed by atoms with E-state index in [-0.39, 0.29) is 5.78 Å². The summed E-state index contributed by atoms with van der Waals surface area (Å²) in [5.41, 5.74) is 15.7. The zero-order valence-corrected chi connectivity index (χ0v) is 13.9. The summed E-state index contributed by atoms with van der Waals surface area (Å²) in [7, 11) is 0. The Balaban J connectivity index is 0.000000526. The van der Waals surface area contributed by atoms with Crippen molar-refractivity contribution in [2.24, 2.45) is 5.73 Å². The third-order valence-corrected chi connectivity index (χ3v) is 3.84. The van der Waals surface area contributed by atoms with E-state index in [1.165, 1.54) is 6.42 Å². The minimum absolute atomic E-state index is 0.0738. The van der Waals surface area contributed by atoms with Gasteiger partial charge in [0.2, 0.25) is 0 Å². The predicted molar refractivity (Wildman–Crippen MR) is 95.8 cm³/mol. The van der Waals surface area contributed by atoms with Crippen LogP contribution in [-0.4, -0.2) is 27.1 Å². The zero-order valence-electron chi connectivity index (χ0n) is 13.9. The van der Waals surface area contributed by atoms with Crippen molar-refractivity contribution in [1.29, 1.82) is 0 Å². The van der Waals surface area contributed by atoms with Crippen LogP contribution in [-0.2, 0) is 6.54 Å². The number of hydrogen-bond acceptors (Lipinski definition) is 5. The number of carbonyl (C=O) groups excluding carboxylic acids is 1. The van der Waals surface area contributed by atoms with Crippen LogP contribution in [0.25, 0.3) is 22.2 Å². The molecular weight excluding hydrogens is 302 g/mol. The lowest BCUT2D eigenvalue weighted by Gasteiger charge is -2.15. The highest BCUT2D eigenvalue weighted by molar-refractivity contribution is 6.27. The van der Waals surface area contributed by atoms with Gasteiger partial charge in [0.15, 0.2) is 5.78 Å². The highest BCUT2D eigenvalue weighted by Crippen LogP contribution is 2.40. The molecule has 0 amide bonds. The lowest BCUT2D eigenvalue weighted by atomic mass is 9.88. The Morgan fingerprint density at radius 3 is 2.62 bits per heavy atom. The van der Waals surface area contributed by atoms with Crippen LogP contribution in [0.1, 0.15) is 36.2 Å². The molecule has 2 aromatic heterocycles. The lowest BCUT2D eigenvalue weighted by Crippen LogP contribution is -2.12. The van der Waals surface area contributed by atoms with Gasteiger partial charge in [0.05, 0.1) is 17.6 Å². The van der Waals surface area contributed by atoms with Gasteiger partial charge in [-0.25, -0.2) is 0 Å². The van der Waals surface area contributed by atoms with E-state index in [0.717, 1.165) is 22.2 Å². The summed E-state index contributed by atoms with van der Waals surface area (Å²) in [6.07, 6.45) is 4.53. The molecule has 0 saturated carbocycles. The van der Waals surface area contributed by atoms with Gasteiger partial charge in [0.1, 0.15) is 5.69 Å². The van der Waals surface area contributed by atoms with E-state index in [4.69, 9.17) is 11.5 Å². The summed E-state index contributed by atoms with van der Waals surface area (Å²) in [6.45, 7) is 5.31. The van der Waals surface area contributed by atoms with E-state index in [2.05, 4.69) is 23.9 Å². The fourth-order valence-corrected chi connectivity index (χ4v) is 2.93. The van der Waals surface area contributed by atoms with Crippen molar-refractivity contribution in [3.8, 4) is 11.3 Å². The third-order valence-electron chi connectivity index (χ3n) is 3.84. The molecule has 0 aliphatic heterocycles. The average molecular weight is 323 g/mol. The monoisotopic (exact) mass is 323 g/mol. The summed E-state index contributed by atoms with van der Waals surface area (Å²) in [5.74, 6) is -0.0738. The molecule has 2 heterocycles. The molecule has 24 heavy (non-hydrogen) atoms. The largest absolute Gasteiger partial charge is 0.398 e. The van der Waals surface area contributed by atoms with E-state index in [1.54, 1.807) is 24.5 Å². The number of rotatable bonds is 2. The molecule has 6 nitrogen and oxygen atoms in total. The normalized spacial score (nSPS) is 11.9. The van der Waals surface area contributed by atoms with Crippen molar-refractivity contribution in [3.05, 3.63) is 41.7 Å². The van der Waals surface area contributed by atoms with Gasteiger partial charge in [0.25, 0.3) is 0 Å². The first-order chi connectivity index (χ1) is 11.6. The van der Waals surface area contributed by atoms with Crippen molar-refractivity contribution < 1.29 is 4.79 Å². The van der Waals surface area contributed by atoms with Crippen molar-refractivity contribution in [2.45, 2.75) is 26.8 Å². The number of carbonyl (C=O) groups is 1. The number of pyridine rings is 1. The average Bonchev–Trinajstić information content (AvgIpc) is 2.94. The Labute approximate surface area is 140 Å². The van der Waals surface area contributed by atoms with Crippen LogP contribution in [0.3, 0.4) is 0 Å². The Hall–Kier alpha value is -2.73. The number of benzene rings is 1. The second-order valence-electron chi connectivity index (χ2n) is 5.74. The van der Waals surface area contributed by atoms with E-state index in [1.807, 2.05) is 10.7 Å². The number of nitrogens with two attached hydrogens (primary N) is 2. The molecule has 0 unspecified atom stereocenters. The second kappa shape index (κ2) is 6.41. The van der Waals surface area contributed by atoms with Crippen molar-refractivity contribution in [3.63, 3.8) is 0 Å². The van der Waals surface area contributed by atoms with E-state index < -0.39 is 0 Å². The van der Waals surface area contributed by atoms with Crippen LogP contribution in [0.5, 0.6) is 0 Å². The van der Waals surface area contributed by atoms with Gasteiger partial charge in [-0.3, -0.25) is 14.5 Å². The van der Waals surface area contributed by atoms with Crippen molar-refractivity contribution in [2.75, 3.05) is 12.3 Å². The molecule has 0 fully saturated rings. The minimum Gasteiger partial charge on any atom is -0.398 e. The van der Waals surface area contributed by atoms with Crippen molar-refractivity contribution >= 4 is 22.4 Å². The lowest BCUT2D eigenvalue weighted by molar-refractivity contribution is 0.104. The van der Waals surface area contributed by atoms with Gasteiger partial charge in [-0.15, -0.1) is 0 Å². The first-order valence-electron chi connectivity index (χ1n) is 8.12. The molecule has 6 heteroatoms. The fraction of sp³-hybridized carbons (Fsp3) is 0.278. The standard InChI is InChI=1S/C15H13N5O.C3H8/c16-4-6-20-11-2-1-10(17)12-13(11)14(19-20)9-7-18-5-3-8(9)15(12)21;1-3-2/h1-3,5,7H,4,6,16-17H2;3H2,1-2H3. The summed E-state index contributed by atoms with van der Waals surface area (Å²) in [5, 5.41) is 5.42. The molecule has 0 spiro atoms. The van der Waals surface area contributed by atoms with E-state index in [9.17, 15) is 4.79 Å². The smallest absolute Gasteiger partial charge is 0.196 e. The molecule has 0 radical (unpaired) electrons. The van der Waals surface area contributed by atoms with Gasteiger partial charge < -0.3 is 11.5 Å². The maximum Gasteiger partial charge on any atom is 0.196 e. The molecule has 1 aliphatic rings. The fourth-order valence-electron chi connectivity index (χ4n) is 2.93. The van der Waals surface area contributed by atoms with Crippen molar-refractivity contribution in [1.82, 2.24) is 14.8 Å². The van der Waals surface area contributed by atoms with Gasteiger partial charge >= 0.3 is 0 Å². The van der Waals surface area contributed by atoms with Crippen LogP contribution in [0.4, 0.5) is 5.69 Å². The van der Waals surface area contributed by atoms with Gasteiger partial charge in [-0.1, -0.05) is 20.3 Å². The predicted octanol–water partition coefficient (Wildman–Crippen LogP) is 2.60. The van der Waals surface area contributed by atoms with E-state index >= 15 is 0 Å². The van der Waals surface area contributed by atoms with Gasteiger partial charge in [-0.2, -0.15) is 5.10 Å². The van der Waals surface area contributed by atoms with Crippen LogP contribution >= 0.6 is 0 Å². The first-order valence-corrected chi connectivity index (χ1v) is 8.12. The maximum absolute atomic E-state index is 12.7. The first kappa shape index (κ1) is 16.1. The Kier molecular flexibility index (Phi) is 4.31. The zero-order chi connectivity index (χ0) is 17.3. The molecule has 124 valence electrons. The third kappa shape index (κ3) is 2.35. The second-order valence-corrected chi connectivity index (χ2v) is 5.74. The minimum atomic E-state index is -0.0738. The number of fused-ring (bicyclic) bond motifs is 2. The Morgan fingerprint density at radius 2 is 1.92 bits per heavy atom. The summed E-state index contributed by atoms with van der Waals surface area (Å²) >= 11 is 0. The number of anilines is 1. The van der Waals surface area contributed by atoms with Gasteiger partial charge in [0, 0.05) is 41.1 Å². The molecule has 0 saturated heterocycles. The summed E-state index contributed by atoms with van der Waals surface area (Å²) in [6, 6.07) is 5.34. The molecule has 0 atom stereocenters. The molecule has 1 aliphatic carbocycles. The van der Waals surface area contributed by atoms with Crippen LogP contribution in [0.15, 0.2) is 30.6 Å². The summed E-state index contributed by atoms with van der Waals surface area (Å²) in [4.78, 5) is 16.8. The molecule has 1 aromatic carbocycles. The molecule has 4 rings (SSSR count). The van der Waals surface area contributed by atoms with Crippen LogP contribution < -0.4 is 11.5 Å². The Morgan fingerprint density at radius 1 is 1.17 bits per heavy atom. The SMILES string of the molecule is CCC.NCCn1nc2c3c(c(N)ccc31)C(=O)c1ccncc1-2. The highest BCUT2D eigenvalue weighted by atomic mass is 16.1. The topological polar surface area (TPSA) is 99.8 Å².